The van der Waals surface area contributed by atoms with Crippen LogP contribution in [0.2, 0.25) is 0 Å². The predicted octanol–water partition coefficient (Wildman–Crippen LogP) is 4.35. The first kappa shape index (κ1) is 13.9. The standard InChI is InChI=1S/C17H24N2/c1-13(2)16-18-10-11-19(16)12-14-6-8-15(9-7-14)17(3,4)5/h6-11,13H,12H2,1-5H3. The molecule has 0 aliphatic rings. The summed E-state index contributed by atoms with van der Waals surface area (Å²) < 4.78 is 2.23. The predicted molar refractivity (Wildman–Crippen MR) is 80.6 cm³/mol. The molecule has 2 rings (SSSR count). The number of hydrogen-bond donors (Lipinski definition) is 0. The topological polar surface area (TPSA) is 17.8 Å². The summed E-state index contributed by atoms with van der Waals surface area (Å²) in [5.74, 6) is 1.61. The molecule has 0 radical (unpaired) electrons. The van der Waals surface area contributed by atoms with E-state index in [9.17, 15) is 0 Å². The lowest BCUT2D eigenvalue weighted by atomic mass is 9.87. The molecule has 0 fully saturated rings. The Kier molecular flexibility index (Phi) is 3.79. The highest BCUT2D eigenvalue weighted by molar-refractivity contribution is 5.27. The smallest absolute Gasteiger partial charge is 0.111 e. The van der Waals surface area contributed by atoms with Crippen molar-refractivity contribution < 1.29 is 0 Å². The highest BCUT2D eigenvalue weighted by Gasteiger charge is 2.13. The third-order valence-corrected chi connectivity index (χ3v) is 3.44. The minimum Gasteiger partial charge on any atom is -0.330 e. The largest absolute Gasteiger partial charge is 0.330 e. The van der Waals surface area contributed by atoms with E-state index in [1.165, 1.54) is 11.1 Å². The molecule has 1 heterocycles. The monoisotopic (exact) mass is 256 g/mol. The third-order valence-electron chi connectivity index (χ3n) is 3.44. The van der Waals surface area contributed by atoms with Crippen LogP contribution in [0.1, 0.15) is 57.5 Å². The van der Waals surface area contributed by atoms with E-state index < -0.39 is 0 Å². The van der Waals surface area contributed by atoms with Crippen LogP contribution in [0.25, 0.3) is 0 Å². The zero-order chi connectivity index (χ0) is 14.0. The van der Waals surface area contributed by atoms with Crippen LogP contribution in [-0.4, -0.2) is 9.55 Å². The fourth-order valence-corrected chi connectivity index (χ4v) is 2.26. The van der Waals surface area contributed by atoms with Crippen molar-refractivity contribution in [3.05, 3.63) is 53.6 Å². The zero-order valence-electron chi connectivity index (χ0n) is 12.6. The first-order valence-corrected chi connectivity index (χ1v) is 6.98. The van der Waals surface area contributed by atoms with E-state index in [0.717, 1.165) is 12.4 Å². The second kappa shape index (κ2) is 5.20. The summed E-state index contributed by atoms with van der Waals surface area (Å²) in [6.45, 7) is 12.0. The number of hydrogen-bond acceptors (Lipinski definition) is 1. The number of nitrogens with zero attached hydrogens (tertiary/aromatic N) is 2. The van der Waals surface area contributed by atoms with Crippen LogP contribution in [0.5, 0.6) is 0 Å². The average Bonchev–Trinajstić information content (AvgIpc) is 2.77. The van der Waals surface area contributed by atoms with Crippen LogP contribution in [0, 0.1) is 0 Å². The van der Waals surface area contributed by atoms with Crippen molar-refractivity contribution in [3.63, 3.8) is 0 Å². The van der Waals surface area contributed by atoms with Gasteiger partial charge in [0.2, 0.25) is 0 Å². The molecule has 19 heavy (non-hydrogen) atoms. The van der Waals surface area contributed by atoms with E-state index in [-0.39, 0.29) is 5.41 Å². The maximum absolute atomic E-state index is 4.43. The van der Waals surface area contributed by atoms with Crippen LogP contribution in [0.3, 0.4) is 0 Å². The molecular formula is C17H24N2. The van der Waals surface area contributed by atoms with Gasteiger partial charge in [-0.3, -0.25) is 0 Å². The summed E-state index contributed by atoms with van der Waals surface area (Å²) in [5, 5.41) is 0. The van der Waals surface area contributed by atoms with Gasteiger partial charge < -0.3 is 4.57 Å². The third kappa shape index (κ3) is 3.25. The number of benzene rings is 1. The van der Waals surface area contributed by atoms with Crippen LogP contribution >= 0.6 is 0 Å². The number of imidazole rings is 1. The van der Waals surface area contributed by atoms with Crippen LogP contribution < -0.4 is 0 Å². The van der Waals surface area contributed by atoms with Crippen molar-refractivity contribution in [1.29, 1.82) is 0 Å². The lowest BCUT2D eigenvalue weighted by molar-refractivity contribution is 0.589. The molecule has 0 bridgehead atoms. The van der Waals surface area contributed by atoms with Gasteiger partial charge in [0.1, 0.15) is 5.82 Å². The normalized spacial score (nSPS) is 12.1. The molecular weight excluding hydrogens is 232 g/mol. The Morgan fingerprint density at radius 2 is 1.74 bits per heavy atom. The van der Waals surface area contributed by atoms with Gasteiger partial charge in [-0.2, -0.15) is 0 Å². The second-order valence-corrected chi connectivity index (χ2v) is 6.51. The molecule has 0 aliphatic carbocycles. The fraction of sp³-hybridized carbons (Fsp3) is 0.471. The van der Waals surface area contributed by atoms with Crippen LogP contribution in [0.4, 0.5) is 0 Å². The molecule has 2 nitrogen and oxygen atoms in total. The molecule has 1 aromatic carbocycles. The molecule has 0 saturated heterocycles. The summed E-state index contributed by atoms with van der Waals surface area (Å²) in [6.07, 6.45) is 3.95. The number of aromatic nitrogens is 2. The van der Waals surface area contributed by atoms with Gasteiger partial charge in [-0.25, -0.2) is 4.98 Å². The Balaban J connectivity index is 2.18. The van der Waals surface area contributed by atoms with E-state index >= 15 is 0 Å². The van der Waals surface area contributed by atoms with E-state index in [0.29, 0.717) is 5.92 Å². The maximum Gasteiger partial charge on any atom is 0.111 e. The molecule has 0 amide bonds. The van der Waals surface area contributed by atoms with E-state index in [1.54, 1.807) is 0 Å². The molecule has 0 aliphatic heterocycles. The Hall–Kier alpha value is -1.57. The molecule has 2 aromatic rings. The first-order valence-electron chi connectivity index (χ1n) is 6.98. The molecule has 0 unspecified atom stereocenters. The van der Waals surface area contributed by atoms with Crippen molar-refractivity contribution in [3.8, 4) is 0 Å². The lowest BCUT2D eigenvalue weighted by Crippen LogP contribution is -2.11. The minimum atomic E-state index is 0.219. The van der Waals surface area contributed by atoms with Crippen LogP contribution in [0.15, 0.2) is 36.7 Å². The second-order valence-electron chi connectivity index (χ2n) is 6.51. The molecule has 1 aromatic heterocycles. The van der Waals surface area contributed by atoms with Gasteiger partial charge in [0.05, 0.1) is 0 Å². The van der Waals surface area contributed by atoms with Gasteiger partial charge in [0.25, 0.3) is 0 Å². The van der Waals surface area contributed by atoms with Gasteiger partial charge in [-0.15, -0.1) is 0 Å². The van der Waals surface area contributed by atoms with Gasteiger partial charge in [-0.05, 0) is 16.5 Å². The van der Waals surface area contributed by atoms with Crippen LogP contribution in [-0.2, 0) is 12.0 Å². The van der Waals surface area contributed by atoms with Crippen molar-refractivity contribution in [1.82, 2.24) is 9.55 Å². The molecule has 102 valence electrons. The fourth-order valence-electron chi connectivity index (χ4n) is 2.26. The summed E-state index contributed by atoms with van der Waals surface area (Å²) >= 11 is 0. The minimum absolute atomic E-state index is 0.219. The van der Waals surface area contributed by atoms with Gasteiger partial charge >= 0.3 is 0 Å². The number of rotatable bonds is 3. The van der Waals surface area contributed by atoms with Gasteiger partial charge in [-0.1, -0.05) is 58.9 Å². The van der Waals surface area contributed by atoms with Gasteiger partial charge in [0.15, 0.2) is 0 Å². The molecule has 2 heteroatoms. The maximum atomic E-state index is 4.43. The Morgan fingerprint density at radius 1 is 1.11 bits per heavy atom. The van der Waals surface area contributed by atoms with Crippen molar-refractivity contribution >= 4 is 0 Å². The van der Waals surface area contributed by atoms with Crippen molar-refractivity contribution in [2.45, 2.75) is 52.5 Å². The Morgan fingerprint density at radius 3 is 2.26 bits per heavy atom. The van der Waals surface area contributed by atoms with E-state index in [4.69, 9.17) is 0 Å². The SMILES string of the molecule is CC(C)c1nccn1Cc1ccc(C(C)(C)C)cc1. The molecule has 0 N–H and O–H groups in total. The van der Waals surface area contributed by atoms with E-state index in [1.807, 2.05) is 6.20 Å². The molecule has 0 atom stereocenters. The highest BCUT2D eigenvalue weighted by atomic mass is 15.1. The quantitative estimate of drug-likeness (QED) is 0.798. The summed E-state index contributed by atoms with van der Waals surface area (Å²) in [5.41, 5.74) is 2.93. The Labute approximate surface area is 116 Å². The zero-order valence-corrected chi connectivity index (χ0v) is 12.6. The highest BCUT2D eigenvalue weighted by Crippen LogP contribution is 2.22. The summed E-state index contributed by atoms with van der Waals surface area (Å²) in [4.78, 5) is 4.43. The molecule has 0 spiro atoms. The Bertz CT molecular complexity index is 527. The van der Waals surface area contributed by atoms with E-state index in [2.05, 4.69) is 74.6 Å². The van der Waals surface area contributed by atoms with Gasteiger partial charge in [0, 0.05) is 24.9 Å². The average molecular weight is 256 g/mol. The first-order chi connectivity index (χ1) is 8.88. The van der Waals surface area contributed by atoms with Crippen molar-refractivity contribution in [2.75, 3.05) is 0 Å². The summed E-state index contributed by atoms with van der Waals surface area (Å²) in [7, 11) is 0. The van der Waals surface area contributed by atoms with Crippen molar-refractivity contribution in [2.24, 2.45) is 0 Å². The summed E-state index contributed by atoms with van der Waals surface area (Å²) in [6, 6.07) is 8.93. The lowest BCUT2D eigenvalue weighted by Gasteiger charge is -2.19. The molecule has 0 saturated carbocycles.